The van der Waals surface area contributed by atoms with Crippen LogP contribution in [0.2, 0.25) is 0 Å². The highest BCUT2D eigenvalue weighted by Gasteiger charge is 2.20. The van der Waals surface area contributed by atoms with E-state index < -0.39 is 5.97 Å². The molecule has 0 radical (unpaired) electrons. The average molecular weight is 256 g/mol. The van der Waals surface area contributed by atoms with Gasteiger partial charge in [0.05, 0.1) is 13.7 Å². The van der Waals surface area contributed by atoms with Crippen LogP contribution in [-0.4, -0.2) is 37.8 Å². The lowest BCUT2D eigenvalue weighted by Gasteiger charge is -2.03. The molecule has 0 amide bonds. The molecule has 0 atom stereocenters. The summed E-state index contributed by atoms with van der Waals surface area (Å²) in [6, 6.07) is 0. The summed E-state index contributed by atoms with van der Waals surface area (Å²) in [5.74, 6) is 0.389. The van der Waals surface area contributed by atoms with Crippen molar-refractivity contribution >= 4 is 22.4 Å². The van der Waals surface area contributed by atoms with E-state index in [9.17, 15) is 4.79 Å². The number of anilines is 1. The van der Waals surface area contributed by atoms with Crippen LogP contribution in [0.15, 0.2) is 5.38 Å². The number of esters is 1. The smallest absolute Gasteiger partial charge is 0.357 e. The molecular weight excluding hydrogens is 240 g/mol. The fourth-order valence-corrected chi connectivity index (χ4v) is 2.03. The maximum atomic E-state index is 11.2. The Bertz CT molecular complexity index is 377. The molecule has 0 unspecified atom stereocenters. The standard InChI is InChI=1S/C11H16N2O3S/c1-15-10(14)9-7-17-11(13-9)12-4-5-16-6-8-2-3-8/h7-8H,2-6H2,1H3,(H,12,13). The van der Waals surface area contributed by atoms with Gasteiger partial charge in [0, 0.05) is 18.5 Å². The Hall–Kier alpha value is -1.14. The third kappa shape index (κ3) is 3.98. The number of hydrogen-bond donors (Lipinski definition) is 1. The molecular formula is C11H16N2O3S. The first kappa shape index (κ1) is 12.3. The van der Waals surface area contributed by atoms with E-state index in [2.05, 4.69) is 15.0 Å². The highest BCUT2D eigenvalue weighted by molar-refractivity contribution is 7.13. The lowest BCUT2D eigenvalue weighted by atomic mass is 10.5. The van der Waals surface area contributed by atoms with Crippen molar-refractivity contribution < 1.29 is 14.3 Å². The summed E-state index contributed by atoms with van der Waals surface area (Å²) in [4.78, 5) is 15.3. The van der Waals surface area contributed by atoms with Gasteiger partial charge in [-0.25, -0.2) is 9.78 Å². The van der Waals surface area contributed by atoms with Crippen molar-refractivity contribution in [1.82, 2.24) is 4.98 Å². The van der Waals surface area contributed by atoms with E-state index in [4.69, 9.17) is 4.74 Å². The highest BCUT2D eigenvalue weighted by atomic mass is 32.1. The van der Waals surface area contributed by atoms with Gasteiger partial charge in [0.15, 0.2) is 10.8 Å². The van der Waals surface area contributed by atoms with Crippen molar-refractivity contribution in [3.63, 3.8) is 0 Å². The number of rotatable bonds is 7. The summed E-state index contributed by atoms with van der Waals surface area (Å²) in [5, 5.41) is 5.52. The van der Waals surface area contributed by atoms with Crippen LogP contribution < -0.4 is 5.32 Å². The van der Waals surface area contributed by atoms with Crippen LogP contribution in [0.25, 0.3) is 0 Å². The predicted octanol–water partition coefficient (Wildman–Crippen LogP) is 1.77. The number of carbonyl (C=O) groups excluding carboxylic acids is 1. The number of hydrogen-bond acceptors (Lipinski definition) is 6. The van der Waals surface area contributed by atoms with Crippen molar-refractivity contribution in [2.75, 3.05) is 32.2 Å². The van der Waals surface area contributed by atoms with E-state index in [1.807, 2.05) is 0 Å². The minimum absolute atomic E-state index is 0.346. The van der Waals surface area contributed by atoms with E-state index in [1.54, 1.807) is 5.38 Å². The van der Waals surface area contributed by atoms with Gasteiger partial charge < -0.3 is 14.8 Å². The van der Waals surface area contributed by atoms with Gasteiger partial charge in [-0.2, -0.15) is 0 Å². The van der Waals surface area contributed by atoms with Crippen LogP contribution in [0.4, 0.5) is 5.13 Å². The topological polar surface area (TPSA) is 60.5 Å². The monoisotopic (exact) mass is 256 g/mol. The number of ether oxygens (including phenoxy) is 2. The number of nitrogens with one attached hydrogen (secondary N) is 1. The van der Waals surface area contributed by atoms with E-state index in [1.165, 1.54) is 31.3 Å². The molecule has 1 fully saturated rings. The minimum Gasteiger partial charge on any atom is -0.464 e. The molecule has 0 spiro atoms. The largest absolute Gasteiger partial charge is 0.464 e. The Labute approximate surface area is 104 Å². The van der Waals surface area contributed by atoms with Gasteiger partial charge in [-0.05, 0) is 18.8 Å². The van der Waals surface area contributed by atoms with Crippen molar-refractivity contribution in [2.24, 2.45) is 5.92 Å². The molecule has 5 nitrogen and oxygen atoms in total. The molecule has 94 valence electrons. The molecule has 0 bridgehead atoms. The van der Waals surface area contributed by atoms with Crippen molar-refractivity contribution in [2.45, 2.75) is 12.8 Å². The van der Waals surface area contributed by atoms with Gasteiger partial charge in [0.2, 0.25) is 0 Å². The predicted molar refractivity (Wildman–Crippen MR) is 65.5 cm³/mol. The van der Waals surface area contributed by atoms with Crippen LogP contribution in [0, 0.1) is 5.92 Å². The molecule has 0 saturated heterocycles. The molecule has 1 N–H and O–H groups in total. The Morgan fingerprint density at radius 1 is 1.65 bits per heavy atom. The average Bonchev–Trinajstić information content (AvgIpc) is 3.05. The summed E-state index contributed by atoms with van der Waals surface area (Å²) >= 11 is 1.39. The van der Waals surface area contributed by atoms with Gasteiger partial charge in [-0.15, -0.1) is 11.3 Å². The zero-order valence-corrected chi connectivity index (χ0v) is 10.6. The Kier molecular flexibility index (Phi) is 4.33. The molecule has 6 heteroatoms. The second-order valence-electron chi connectivity index (χ2n) is 3.97. The molecule has 1 saturated carbocycles. The quantitative estimate of drug-likeness (QED) is 0.595. The molecule has 0 aromatic carbocycles. The maximum absolute atomic E-state index is 11.2. The van der Waals surface area contributed by atoms with Crippen molar-refractivity contribution in [3.05, 3.63) is 11.1 Å². The SMILES string of the molecule is COC(=O)c1csc(NCCOCC2CC2)n1. The number of carbonyl (C=O) groups is 1. The third-order valence-corrected chi connectivity index (χ3v) is 3.27. The normalized spacial score (nSPS) is 14.6. The van der Waals surface area contributed by atoms with Crippen LogP contribution in [-0.2, 0) is 9.47 Å². The molecule has 1 heterocycles. The van der Waals surface area contributed by atoms with Crippen LogP contribution in [0.3, 0.4) is 0 Å². The van der Waals surface area contributed by atoms with Crippen LogP contribution in [0.1, 0.15) is 23.3 Å². The summed E-state index contributed by atoms with van der Waals surface area (Å²) < 4.78 is 10.1. The lowest BCUT2D eigenvalue weighted by Crippen LogP contribution is -2.10. The number of nitrogens with zero attached hydrogens (tertiary/aromatic N) is 1. The van der Waals surface area contributed by atoms with Crippen molar-refractivity contribution in [1.29, 1.82) is 0 Å². The molecule has 1 aliphatic rings. The van der Waals surface area contributed by atoms with Crippen LogP contribution in [0.5, 0.6) is 0 Å². The molecule has 1 aromatic heterocycles. The molecule has 17 heavy (non-hydrogen) atoms. The zero-order valence-electron chi connectivity index (χ0n) is 9.77. The van der Waals surface area contributed by atoms with E-state index >= 15 is 0 Å². The summed E-state index contributed by atoms with van der Waals surface area (Å²) in [7, 11) is 1.35. The van der Waals surface area contributed by atoms with E-state index in [0.717, 1.165) is 17.7 Å². The Morgan fingerprint density at radius 2 is 2.47 bits per heavy atom. The van der Waals surface area contributed by atoms with Gasteiger partial charge in [-0.3, -0.25) is 0 Å². The lowest BCUT2D eigenvalue weighted by molar-refractivity contribution is 0.0595. The van der Waals surface area contributed by atoms with Crippen LogP contribution >= 0.6 is 11.3 Å². The number of methoxy groups -OCH3 is 1. The van der Waals surface area contributed by atoms with E-state index in [-0.39, 0.29) is 0 Å². The fraction of sp³-hybridized carbons (Fsp3) is 0.636. The molecule has 2 rings (SSSR count). The first-order valence-corrected chi connectivity index (χ1v) is 6.53. The minimum atomic E-state index is -0.403. The molecule has 1 aliphatic carbocycles. The van der Waals surface area contributed by atoms with E-state index in [0.29, 0.717) is 18.8 Å². The highest BCUT2D eigenvalue weighted by Crippen LogP contribution is 2.28. The molecule has 1 aromatic rings. The summed E-state index contributed by atoms with van der Waals surface area (Å²) in [6.07, 6.45) is 2.62. The zero-order chi connectivity index (χ0) is 12.1. The van der Waals surface area contributed by atoms with Gasteiger partial charge in [0.25, 0.3) is 0 Å². The van der Waals surface area contributed by atoms with Crippen molar-refractivity contribution in [3.8, 4) is 0 Å². The number of aromatic nitrogens is 1. The second-order valence-corrected chi connectivity index (χ2v) is 4.83. The Balaban J connectivity index is 1.64. The fourth-order valence-electron chi connectivity index (χ4n) is 1.32. The second kappa shape index (κ2) is 5.97. The van der Waals surface area contributed by atoms with Gasteiger partial charge in [-0.1, -0.05) is 0 Å². The first-order chi connectivity index (χ1) is 8.29. The maximum Gasteiger partial charge on any atom is 0.357 e. The third-order valence-electron chi connectivity index (χ3n) is 2.47. The Morgan fingerprint density at radius 3 is 3.18 bits per heavy atom. The van der Waals surface area contributed by atoms with Gasteiger partial charge in [0.1, 0.15) is 0 Å². The number of thiazole rings is 1. The summed E-state index contributed by atoms with van der Waals surface area (Å²) in [5.41, 5.74) is 0.346. The molecule has 0 aliphatic heterocycles. The summed E-state index contributed by atoms with van der Waals surface area (Å²) in [6.45, 7) is 2.25. The van der Waals surface area contributed by atoms with Gasteiger partial charge >= 0.3 is 5.97 Å². The first-order valence-electron chi connectivity index (χ1n) is 5.65.